The standard InChI is InChI=1S/C16H14N2O3/c1-16(10-6-3-2-4-7-10)15(21)17-12-9-5-8-11(14(19)20)13(12)18-16/h2-9,18H,1H3,(H,17,21)(H,19,20). The summed E-state index contributed by atoms with van der Waals surface area (Å²) >= 11 is 0. The monoisotopic (exact) mass is 282 g/mol. The van der Waals surface area contributed by atoms with Crippen LogP contribution in [0.15, 0.2) is 48.5 Å². The highest BCUT2D eigenvalue weighted by molar-refractivity contribution is 6.10. The van der Waals surface area contributed by atoms with E-state index in [-0.39, 0.29) is 11.5 Å². The maximum atomic E-state index is 12.4. The number of carboxylic acid groups (broad SMARTS) is 1. The van der Waals surface area contributed by atoms with Gasteiger partial charge in [0.2, 0.25) is 0 Å². The zero-order chi connectivity index (χ0) is 15.0. The van der Waals surface area contributed by atoms with Crippen molar-refractivity contribution in [1.82, 2.24) is 0 Å². The summed E-state index contributed by atoms with van der Waals surface area (Å²) < 4.78 is 0. The minimum atomic E-state index is -1.04. The number of anilines is 2. The molecular weight excluding hydrogens is 268 g/mol. The Hall–Kier alpha value is -2.82. The van der Waals surface area contributed by atoms with Crippen LogP contribution in [0.25, 0.3) is 0 Å². The molecule has 1 unspecified atom stereocenters. The second-order valence-electron chi connectivity index (χ2n) is 5.10. The summed E-state index contributed by atoms with van der Waals surface area (Å²) in [4.78, 5) is 23.8. The van der Waals surface area contributed by atoms with Crippen molar-refractivity contribution in [2.24, 2.45) is 0 Å². The third-order valence-electron chi connectivity index (χ3n) is 3.72. The third-order valence-corrected chi connectivity index (χ3v) is 3.72. The molecule has 0 fully saturated rings. The molecule has 0 bridgehead atoms. The molecule has 0 radical (unpaired) electrons. The number of aromatic carboxylic acids is 1. The summed E-state index contributed by atoms with van der Waals surface area (Å²) in [5.74, 6) is -1.25. The molecule has 0 aromatic heterocycles. The summed E-state index contributed by atoms with van der Waals surface area (Å²) in [6.45, 7) is 1.74. The topological polar surface area (TPSA) is 78.4 Å². The van der Waals surface area contributed by atoms with Gasteiger partial charge in [-0.1, -0.05) is 36.4 Å². The van der Waals surface area contributed by atoms with Crippen LogP contribution >= 0.6 is 0 Å². The molecule has 0 spiro atoms. The Labute approximate surface area is 121 Å². The van der Waals surface area contributed by atoms with Gasteiger partial charge in [0.1, 0.15) is 5.54 Å². The minimum absolute atomic E-state index is 0.134. The van der Waals surface area contributed by atoms with Crippen LogP contribution in [-0.4, -0.2) is 17.0 Å². The lowest BCUT2D eigenvalue weighted by Gasteiger charge is -2.36. The first-order valence-corrected chi connectivity index (χ1v) is 6.54. The van der Waals surface area contributed by atoms with Crippen LogP contribution in [0.3, 0.4) is 0 Å². The number of carbonyl (C=O) groups is 2. The van der Waals surface area contributed by atoms with Crippen molar-refractivity contribution in [3.8, 4) is 0 Å². The smallest absolute Gasteiger partial charge is 0.337 e. The summed E-state index contributed by atoms with van der Waals surface area (Å²) in [6.07, 6.45) is 0. The minimum Gasteiger partial charge on any atom is -0.478 e. The van der Waals surface area contributed by atoms with Crippen molar-refractivity contribution in [3.63, 3.8) is 0 Å². The van der Waals surface area contributed by atoms with E-state index >= 15 is 0 Å². The fraction of sp³-hybridized carbons (Fsp3) is 0.125. The maximum absolute atomic E-state index is 12.4. The van der Waals surface area contributed by atoms with Crippen LogP contribution in [-0.2, 0) is 10.3 Å². The van der Waals surface area contributed by atoms with Crippen molar-refractivity contribution >= 4 is 23.3 Å². The quantitative estimate of drug-likeness (QED) is 0.791. The number of fused-ring (bicyclic) bond motifs is 1. The Balaban J connectivity index is 2.14. The number of amides is 1. The summed E-state index contributed by atoms with van der Waals surface area (Å²) in [6, 6.07) is 14.0. The van der Waals surface area contributed by atoms with E-state index in [1.54, 1.807) is 19.1 Å². The first-order chi connectivity index (χ1) is 10.0. The van der Waals surface area contributed by atoms with Gasteiger partial charge in [-0.15, -0.1) is 0 Å². The van der Waals surface area contributed by atoms with Crippen LogP contribution in [0.5, 0.6) is 0 Å². The molecule has 106 valence electrons. The molecule has 3 N–H and O–H groups in total. The summed E-state index contributed by atoms with van der Waals surface area (Å²) in [5, 5.41) is 15.2. The molecule has 2 aromatic rings. The molecule has 21 heavy (non-hydrogen) atoms. The normalized spacial score (nSPS) is 20.1. The number of rotatable bonds is 2. The van der Waals surface area contributed by atoms with E-state index in [9.17, 15) is 14.7 Å². The van der Waals surface area contributed by atoms with E-state index in [0.717, 1.165) is 5.56 Å². The fourth-order valence-corrected chi connectivity index (χ4v) is 2.50. The number of benzene rings is 2. The van der Waals surface area contributed by atoms with E-state index in [2.05, 4.69) is 10.6 Å². The second-order valence-corrected chi connectivity index (χ2v) is 5.10. The number of para-hydroxylation sites is 1. The first kappa shape index (κ1) is 13.2. The molecule has 3 rings (SSSR count). The Morgan fingerprint density at radius 2 is 1.81 bits per heavy atom. The highest BCUT2D eigenvalue weighted by Crippen LogP contribution is 2.38. The second kappa shape index (κ2) is 4.63. The van der Waals surface area contributed by atoms with Gasteiger partial charge >= 0.3 is 5.97 Å². The molecule has 0 aliphatic carbocycles. The number of nitrogens with one attached hydrogen (secondary N) is 2. The highest BCUT2D eigenvalue weighted by Gasteiger charge is 2.40. The molecule has 1 atom stereocenters. The van der Waals surface area contributed by atoms with Gasteiger partial charge in [-0.3, -0.25) is 4.79 Å². The van der Waals surface area contributed by atoms with Gasteiger partial charge in [-0.25, -0.2) is 4.79 Å². The maximum Gasteiger partial charge on any atom is 0.337 e. The predicted octanol–water partition coefficient (Wildman–Crippen LogP) is 2.66. The van der Waals surface area contributed by atoms with Crippen LogP contribution < -0.4 is 10.6 Å². The van der Waals surface area contributed by atoms with Crippen LogP contribution in [0, 0.1) is 0 Å². The number of carbonyl (C=O) groups excluding carboxylic acids is 1. The van der Waals surface area contributed by atoms with Crippen LogP contribution in [0.4, 0.5) is 11.4 Å². The lowest BCUT2D eigenvalue weighted by atomic mass is 9.88. The van der Waals surface area contributed by atoms with Crippen LogP contribution in [0.2, 0.25) is 0 Å². The zero-order valence-electron chi connectivity index (χ0n) is 11.4. The van der Waals surface area contributed by atoms with Gasteiger partial charge < -0.3 is 15.7 Å². The SMILES string of the molecule is CC1(c2ccccc2)Nc2c(cccc2C(=O)O)NC1=O. The third kappa shape index (κ3) is 2.03. The zero-order valence-corrected chi connectivity index (χ0v) is 11.4. The number of carboxylic acids is 1. The average molecular weight is 282 g/mol. The van der Waals surface area contributed by atoms with Crippen molar-refractivity contribution in [3.05, 3.63) is 59.7 Å². The molecule has 2 aromatic carbocycles. The Morgan fingerprint density at radius 1 is 1.10 bits per heavy atom. The predicted molar refractivity (Wildman–Crippen MR) is 79.4 cm³/mol. The van der Waals surface area contributed by atoms with Gasteiger partial charge in [0.25, 0.3) is 5.91 Å². The summed E-state index contributed by atoms with van der Waals surface area (Å²) in [5.41, 5.74) is 0.798. The van der Waals surface area contributed by atoms with Gasteiger partial charge in [-0.2, -0.15) is 0 Å². The van der Waals surface area contributed by atoms with Gasteiger partial charge in [0.15, 0.2) is 0 Å². The molecule has 1 aliphatic heterocycles. The Bertz CT molecular complexity index is 728. The highest BCUT2D eigenvalue weighted by atomic mass is 16.4. The summed E-state index contributed by atoms with van der Waals surface area (Å²) in [7, 11) is 0. The van der Waals surface area contributed by atoms with E-state index in [1.807, 2.05) is 30.3 Å². The lowest BCUT2D eigenvalue weighted by Crippen LogP contribution is -2.48. The van der Waals surface area contributed by atoms with Gasteiger partial charge in [0.05, 0.1) is 16.9 Å². The van der Waals surface area contributed by atoms with E-state index in [4.69, 9.17) is 0 Å². The number of hydrogen-bond donors (Lipinski definition) is 3. The molecule has 1 amide bonds. The van der Waals surface area contributed by atoms with E-state index in [1.165, 1.54) is 6.07 Å². The molecule has 0 saturated carbocycles. The van der Waals surface area contributed by atoms with E-state index < -0.39 is 11.5 Å². The molecule has 1 aliphatic rings. The van der Waals surface area contributed by atoms with E-state index in [0.29, 0.717) is 11.4 Å². The Morgan fingerprint density at radius 3 is 2.48 bits per heavy atom. The number of hydrogen-bond acceptors (Lipinski definition) is 3. The molecule has 5 heteroatoms. The lowest BCUT2D eigenvalue weighted by molar-refractivity contribution is -0.120. The molecule has 1 heterocycles. The van der Waals surface area contributed by atoms with Crippen molar-refractivity contribution in [2.45, 2.75) is 12.5 Å². The largest absolute Gasteiger partial charge is 0.478 e. The van der Waals surface area contributed by atoms with Crippen molar-refractivity contribution in [1.29, 1.82) is 0 Å². The first-order valence-electron chi connectivity index (χ1n) is 6.54. The molecule has 0 saturated heterocycles. The van der Waals surface area contributed by atoms with Gasteiger partial charge in [-0.05, 0) is 24.6 Å². The van der Waals surface area contributed by atoms with Crippen molar-refractivity contribution in [2.75, 3.05) is 10.6 Å². The molecular formula is C16H14N2O3. The fourth-order valence-electron chi connectivity index (χ4n) is 2.50. The van der Waals surface area contributed by atoms with Crippen LogP contribution in [0.1, 0.15) is 22.8 Å². The van der Waals surface area contributed by atoms with Crippen molar-refractivity contribution < 1.29 is 14.7 Å². The van der Waals surface area contributed by atoms with Gasteiger partial charge in [0, 0.05) is 0 Å². The Kier molecular flexibility index (Phi) is 2.90. The molecule has 5 nitrogen and oxygen atoms in total. The average Bonchev–Trinajstić information content (AvgIpc) is 2.48.